The van der Waals surface area contributed by atoms with Crippen LogP contribution in [0.3, 0.4) is 0 Å². The van der Waals surface area contributed by atoms with Crippen molar-refractivity contribution in [3.63, 3.8) is 0 Å². The summed E-state index contributed by atoms with van der Waals surface area (Å²) >= 11 is 5.45. The highest BCUT2D eigenvalue weighted by atomic mass is 32.1. The lowest BCUT2D eigenvalue weighted by Crippen LogP contribution is -2.41. The normalized spacial score (nSPS) is 14.3. The maximum absolute atomic E-state index is 13.9. The summed E-state index contributed by atoms with van der Waals surface area (Å²) in [5.41, 5.74) is 3.65. The number of ether oxygens (including phenoxy) is 3. The molecule has 0 bridgehead atoms. The predicted molar refractivity (Wildman–Crippen MR) is 154 cm³/mol. The molecule has 9 heteroatoms. The van der Waals surface area contributed by atoms with E-state index in [2.05, 4.69) is 17.0 Å². The maximum atomic E-state index is 13.9. The van der Waals surface area contributed by atoms with Crippen LogP contribution in [0.4, 0.5) is 4.39 Å². The van der Waals surface area contributed by atoms with Crippen LogP contribution < -0.4 is 5.32 Å². The van der Waals surface area contributed by atoms with Crippen molar-refractivity contribution in [3.05, 3.63) is 93.8 Å². The number of allylic oxidation sites excluding steroid dienone is 1. The molecule has 2 rings (SSSR count). The second-order valence-corrected chi connectivity index (χ2v) is 9.42. The van der Waals surface area contributed by atoms with Gasteiger partial charge in [0, 0.05) is 12.8 Å². The molecule has 0 fully saturated rings. The van der Waals surface area contributed by atoms with Gasteiger partial charge in [-0.25, -0.2) is 9.18 Å². The molecule has 3 atom stereocenters. The zero-order chi connectivity index (χ0) is 29.3. The van der Waals surface area contributed by atoms with E-state index < -0.39 is 24.1 Å². The van der Waals surface area contributed by atoms with Gasteiger partial charge in [-0.1, -0.05) is 48.1 Å². The SMILES string of the molecule is C=N/C(C(=S)N[C@@H](C)C(=O)O[C@@H](C)[C@@H](c1ccc(C)cc1)c1ccc(F)cc1C)=C(OC(C)=O)\C(=C/C)OC. The van der Waals surface area contributed by atoms with Crippen LogP contribution in [0, 0.1) is 19.7 Å². The van der Waals surface area contributed by atoms with Gasteiger partial charge in [-0.05, 0) is 76.2 Å². The Morgan fingerprint density at radius 2 is 1.77 bits per heavy atom. The number of carbonyl (C=O) groups is 2. The summed E-state index contributed by atoms with van der Waals surface area (Å²) in [6, 6.07) is 11.6. The van der Waals surface area contributed by atoms with Gasteiger partial charge in [0.1, 0.15) is 28.6 Å². The molecule has 0 aliphatic carbocycles. The average molecular weight is 555 g/mol. The van der Waals surface area contributed by atoms with E-state index in [9.17, 15) is 14.0 Å². The summed E-state index contributed by atoms with van der Waals surface area (Å²) in [6.07, 6.45) is 0.975. The molecule has 0 aliphatic rings. The Morgan fingerprint density at radius 3 is 2.28 bits per heavy atom. The van der Waals surface area contributed by atoms with Crippen LogP contribution in [0.2, 0.25) is 0 Å². The van der Waals surface area contributed by atoms with Crippen LogP contribution in [-0.2, 0) is 23.8 Å². The van der Waals surface area contributed by atoms with Crippen LogP contribution in [-0.4, -0.2) is 42.9 Å². The molecule has 0 heterocycles. The Kier molecular flexibility index (Phi) is 11.5. The highest BCUT2D eigenvalue weighted by molar-refractivity contribution is 7.80. The number of benzene rings is 2. The third-order valence-electron chi connectivity index (χ3n) is 6.02. The molecule has 0 radical (unpaired) electrons. The van der Waals surface area contributed by atoms with E-state index in [4.69, 9.17) is 26.4 Å². The topological polar surface area (TPSA) is 86.2 Å². The molecule has 0 saturated carbocycles. The third kappa shape index (κ3) is 8.32. The number of methoxy groups -OCH3 is 1. The molecule has 0 unspecified atom stereocenters. The maximum Gasteiger partial charge on any atom is 0.328 e. The molecule has 0 aromatic heterocycles. The molecule has 0 saturated heterocycles. The Morgan fingerprint density at radius 1 is 1.13 bits per heavy atom. The van der Waals surface area contributed by atoms with Crippen molar-refractivity contribution in [1.82, 2.24) is 5.32 Å². The minimum absolute atomic E-state index is 0.0132. The second kappa shape index (κ2) is 14.3. The molecule has 39 heavy (non-hydrogen) atoms. The first-order valence-corrected chi connectivity index (χ1v) is 12.8. The van der Waals surface area contributed by atoms with Gasteiger partial charge in [0.05, 0.1) is 7.11 Å². The fourth-order valence-electron chi connectivity index (χ4n) is 4.09. The van der Waals surface area contributed by atoms with Crippen LogP contribution >= 0.6 is 12.2 Å². The van der Waals surface area contributed by atoms with Crippen molar-refractivity contribution in [1.29, 1.82) is 0 Å². The molecule has 0 spiro atoms. The first-order valence-electron chi connectivity index (χ1n) is 12.4. The average Bonchev–Trinajstić information content (AvgIpc) is 2.87. The van der Waals surface area contributed by atoms with Gasteiger partial charge in [0.25, 0.3) is 0 Å². The van der Waals surface area contributed by atoms with E-state index in [-0.39, 0.29) is 33.9 Å². The lowest BCUT2D eigenvalue weighted by molar-refractivity contribution is -0.150. The molecule has 7 nitrogen and oxygen atoms in total. The standard InChI is InChI=1S/C30H35FN2O5S/c1-9-25(36-8)28(38-21(6)34)27(32-7)29(39)33-19(4)30(35)37-20(5)26(22-12-10-17(2)11-13-22)24-15-14-23(31)16-18(24)3/h9-16,19-20,26H,7H2,1-6,8H3,(H,33,39)/b25-9+,28-27+/t19-,20-,26-/m0/s1. The van der Waals surface area contributed by atoms with Gasteiger partial charge in [-0.3, -0.25) is 9.79 Å². The predicted octanol–water partition coefficient (Wildman–Crippen LogP) is 5.84. The van der Waals surface area contributed by atoms with Gasteiger partial charge < -0.3 is 19.5 Å². The minimum Gasteiger partial charge on any atom is -0.493 e. The molecule has 0 amide bonds. The highest BCUT2D eigenvalue weighted by Crippen LogP contribution is 2.33. The first kappa shape index (κ1) is 31.4. The van der Waals surface area contributed by atoms with Crippen molar-refractivity contribution in [3.8, 4) is 0 Å². The van der Waals surface area contributed by atoms with Crippen molar-refractivity contribution in [2.24, 2.45) is 4.99 Å². The van der Waals surface area contributed by atoms with Crippen LogP contribution in [0.1, 0.15) is 55.9 Å². The zero-order valence-corrected chi connectivity index (χ0v) is 24.1. The summed E-state index contributed by atoms with van der Waals surface area (Å²) < 4.78 is 30.3. The van der Waals surface area contributed by atoms with Crippen molar-refractivity contribution in [2.75, 3.05) is 7.11 Å². The summed E-state index contributed by atoms with van der Waals surface area (Å²) in [7, 11) is 1.41. The zero-order valence-electron chi connectivity index (χ0n) is 23.3. The van der Waals surface area contributed by atoms with E-state index >= 15 is 0 Å². The number of nitrogens with one attached hydrogen (secondary N) is 1. The van der Waals surface area contributed by atoms with E-state index in [1.54, 1.807) is 32.9 Å². The number of hydrogen-bond acceptors (Lipinski definition) is 7. The van der Waals surface area contributed by atoms with Gasteiger partial charge >= 0.3 is 11.9 Å². The monoisotopic (exact) mass is 554 g/mol. The van der Waals surface area contributed by atoms with Crippen LogP contribution in [0.15, 0.2) is 70.7 Å². The van der Waals surface area contributed by atoms with E-state index in [0.717, 1.165) is 22.3 Å². The van der Waals surface area contributed by atoms with Crippen molar-refractivity contribution in [2.45, 2.75) is 59.6 Å². The number of thiocarbonyl (C=S) groups is 1. The summed E-state index contributed by atoms with van der Waals surface area (Å²) in [5, 5.41) is 2.88. The van der Waals surface area contributed by atoms with Gasteiger partial charge in [-0.2, -0.15) is 0 Å². The lowest BCUT2D eigenvalue weighted by atomic mass is 9.84. The molecule has 2 aromatic carbocycles. The van der Waals surface area contributed by atoms with Crippen molar-refractivity contribution >= 4 is 35.9 Å². The van der Waals surface area contributed by atoms with Gasteiger partial charge in [-0.15, -0.1) is 0 Å². The minimum atomic E-state index is -0.889. The first-order chi connectivity index (χ1) is 18.4. The fraction of sp³-hybridized carbons (Fsp3) is 0.333. The number of nitrogens with zero attached hydrogens (tertiary/aromatic N) is 1. The van der Waals surface area contributed by atoms with Crippen LogP contribution in [0.25, 0.3) is 0 Å². The van der Waals surface area contributed by atoms with Gasteiger partial charge in [0.2, 0.25) is 5.76 Å². The number of halogens is 1. The number of hydrogen-bond donors (Lipinski definition) is 1. The summed E-state index contributed by atoms with van der Waals surface area (Å²) in [6.45, 7) is 13.6. The molecule has 1 N–H and O–H groups in total. The number of carbonyl (C=O) groups excluding carboxylic acids is 2. The number of aliphatic imine (C=N–C) groups is 1. The summed E-state index contributed by atoms with van der Waals surface area (Å²) in [4.78, 5) is 28.8. The number of esters is 2. The largest absolute Gasteiger partial charge is 0.493 e. The smallest absolute Gasteiger partial charge is 0.328 e. The molecule has 0 aliphatic heterocycles. The highest BCUT2D eigenvalue weighted by Gasteiger charge is 2.29. The number of aryl methyl sites for hydroxylation is 2. The van der Waals surface area contributed by atoms with Gasteiger partial charge in [0.15, 0.2) is 5.76 Å². The quantitative estimate of drug-likeness (QED) is 0.0933. The molecule has 208 valence electrons. The van der Waals surface area contributed by atoms with Crippen LogP contribution in [0.5, 0.6) is 0 Å². The van der Waals surface area contributed by atoms with E-state index in [1.807, 2.05) is 38.1 Å². The van der Waals surface area contributed by atoms with E-state index in [0.29, 0.717) is 0 Å². The molecule has 2 aromatic rings. The Bertz CT molecular complexity index is 1290. The Hall–Kier alpha value is -3.85. The summed E-state index contributed by atoms with van der Waals surface area (Å²) in [5.74, 6) is -1.66. The third-order valence-corrected chi connectivity index (χ3v) is 6.33. The fourth-order valence-corrected chi connectivity index (χ4v) is 4.42. The van der Waals surface area contributed by atoms with Crippen molar-refractivity contribution < 1.29 is 28.2 Å². The molecular formula is C30H35FN2O5S. The Labute approximate surface area is 234 Å². The Balaban J connectivity index is 2.32. The number of rotatable bonds is 11. The van der Waals surface area contributed by atoms with E-state index in [1.165, 1.54) is 26.2 Å². The lowest BCUT2D eigenvalue weighted by Gasteiger charge is -2.28. The molecular weight excluding hydrogens is 519 g/mol. The second-order valence-electron chi connectivity index (χ2n) is 9.01.